The molecule has 0 bridgehead atoms. The summed E-state index contributed by atoms with van der Waals surface area (Å²) in [6, 6.07) is 8.27. The highest BCUT2D eigenvalue weighted by Crippen LogP contribution is 2.14. The minimum Gasteiger partial charge on any atom is -0.327 e. The quantitative estimate of drug-likeness (QED) is 0.719. The molecule has 0 saturated carbocycles. The molecule has 2 aromatic heterocycles. The maximum Gasteiger partial charge on any atom is 0.106 e. The van der Waals surface area contributed by atoms with Crippen LogP contribution in [0.2, 0.25) is 0 Å². The van der Waals surface area contributed by atoms with Gasteiger partial charge in [0.2, 0.25) is 0 Å². The van der Waals surface area contributed by atoms with Crippen LogP contribution in [0.15, 0.2) is 36.7 Å². The predicted octanol–water partition coefficient (Wildman–Crippen LogP) is 1.87. The standard InChI is InChI=1S/C15H19N5/c1-12-18-14-5-3-4-6-15(14)20(12)8-7-16-9-13-10-17-19(2)11-13/h3-6,10-11,16H,7-9H2,1-2H3. The largest absolute Gasteiger partial charge is 0.327 e. The lowest BCUT2D eigenvalue weighted by Crippen LogP contribution is -2.19. The molecule has 0 aliphatic carbocycles. The van der Waals surface area contributed by atoms with Crippen LogP contribution < -0.4 is 5.32 Å². The zero-order valence-electron chi connectivity index (χ0n) is 11.9. The van der Waals surface area contributed by atoms with Gasteiger partial charge in [-0.3, -0.25) is 4.68 Å². The summed E-state index contributed by atoms with van der Waals surface area (Å²) in [5, 5.41) is 7.61. The topological polar surface area (TPSA) is 47.7 Å². The van der Waals surface area contributed by atoms with Crippen LogP contribution >= 0.6 is 0 Å². The van der Waals surface area contributed by atoms with Gasteiger partial charge in [0, 0.05) is 38.4 Å². The summed E-state index contributed by atoms with van der Waals surface area (Å²) in [7, 11) is 1.94. The van der Waals surface area contributed by atoms with Crippen molar-refractivity contribution in [1.82, 2.24) is 24.6 Å². The van der Waals surface area contributed by atoms with E-state index in [1.54, 1.807) is 0 Å². The highest BCUT2D eigenvalue weighted by molar-refractivity contribution is 5.75. The van der Waals surface area contributed by atoms with Crippen molar-refractivity contribution in [3.63, 3.8) is 0 Å². The third kappa shape index (κ3) is 2.58. The van der Waals surface area contributed by atoms with Crippen molar-refractivity contribution < 1.29 is 0 Å². The second-order valence-corrected chi connectivity index (χ2v) is 5.00. The average Bonchev–Trinajstić information content (AvgIpc) is 2.98. The highest BCUT2D eigenvalue weighted by atomic mass is 15.2. The van der Waals surface area contributed by atoms with Crippen LogP contribution in [0.1, 0.15) is 11.4 Å². The van der Waals surface area contributed by atoms with Gasteiger partial charge in [0.25, 0.3) is 0 Å². The number of nitrogens with zero attached hydrogens (tertiary/aromatic N) is 4. The molecule has 0 amide bonds. The molecular formula is C15H19N5. The van der Waals surface area contributed by atoms with Gasteiger partial charge in [-0.25, -0.2) is 4.98 Å². The monoisotopic (exact) mass is 269 g/mol. The molecule has 0 fully saturated rings. The first-order valence-electron chi connectivity index (χ1n) is 6.84. The molecule has 0 aliphatic rings. The first-order chi connectivity index (χ1) is 9.74. The lowest BCUT2D eigenvalue weighted by molar-refractivity contribution is 0.597. The Morgan fingerprint density at radius 2 is 2.10 bits per heavy atom. The Kier molecular flexibility index (Phi) is 3.52. The normalized spacial score (nSPS) is 11.3. The fraction of sp³-hybridized carbons (Fsp3) is 0.333. The lowest BCUT2D eigenvalue weighted by Gasteiger charge is -2.07. The second-order valence-electron chi connectivity index (χ2n) is 5.00. The van der Waals surface area contributed by atoms with Crippen LogP contribution in [0.25, 0.3) is 11.0 Å². The Balaban J connectivity index is 1.61. The van der Waals surface area contributed by atoms with Crippen LogP contribution in [-0.4, -0.2) is 25.9 Å². The van der Waals surface area contributed by atoms with Gasteiger partial charge in [0.05, 0.1) is 17.2 Å². The molecule has 3 aromatic rings. The van der Waals surface area contributed by atoms with Gasteiger partial charge in [0.1, 0.15) is 5.82 Å². The summed E-state index contributed by atoms with van der Waals surface area (Å²) in [4.78, 5) is 4.58. The Morgan fingerprint density at radius 3 is 2.90 bits per heavy atom. The summed E-state index contributed by atoms with van der Waals surface area (Å²) < 4.78 is 4.08. The number of benzene rings is 1. The van der Waals surface area contributed by atoms with E-state index in [2.05, 4.69) is 45.1 Å². The number of aromatic nitrogens is 4. The van der Waals surface area contributed by atoms with Crippen molar-refractivity contribution in [2.45, 2.75) is 20.0 Å². The number of hydrogen-bond donors (Lipinski definition) is 1. The zero-order valence-corrected chi connectivity index (χ0v) is 11.9. The minimum absolute atomic E-state index is 0.847. The number of imidazole rings is 1. The maximum absolute atomic E-state index is 4.58. The summed E-state index contributed by atoms with van der Waals surface area (Å²) in [5.41, 5.74) is 3.48. The molecular weight excluding hydrogens is 250 g/mol. The van der Waals surface area contributed by atoms with Crippen molar-refractivity contribution in [2.24, 2.45) is 7.05 Å². The predicted molar refractivity (Wildman–Crippen MR) is 79.4 cm³/mol. The fourth-order valence-electron chi connectivity index (χ4n) is 2.46. The molecule has 1 aromatic carbocycles. The van der Waals surface area contributed by atoms with E-state index < -0.39 is 0 Å². The third-order valence-corrected chi connectivity index (χ3v) is 3.45. The van der Waals surface area contributed by atoms with E-state index in [4.69, 9.17) is 0 Å². The molecule has 2 heterocycles. The summed E-state index contributed by atoms with van der Waals surface area (Å²) in [6.07, 6.45) is 3.93. The van der Waals surface area contributed by atoms with Gasteiger partial charge < -0.3 is 9.88 Å². The summed E-state index contributed by atoms with van der Waals surface area (Å²) in [6.45, 7) is 4.74. The number of nitrogens with one attached hydrogen (secondary N) is 1. The number of rotatable bonds is 5. The molecule has 104 valence electrons. The van der Waals surface area contributed by atoms with E-state index in [1.165, 1.54) is 11.1 Å². The fourth-order valence-corrected chi connectivity index (χ4v) is 2.46. The SMILES string of the molecule is Cc1nc2ccccc2n1CCNCc1cnn(C)c1. The molecule has 0 spiro atoms. The van der Waals surface area contributed by atoms with Crippen LogP contribution in [-0.2, 0) is 20.1 Å². The number of aryl methyl sites for hydroxylation is 2. The van der Waals surface area contributed by atoms with E-state index in [0.29, 0.717) is 0 Å². The van der Waals surface area contributed by atoms with Gasteiger partial charge in [-0.15, -0.1) is 0 Å². The van der Waals surface area contributed by atoms with Crippen LogP contribution in [0.5, 0.6) is 0 Å². The number of fused-ring (bicyclic) bond motifs is 1. The number of hydrogen-bond acceptors (Lipinski definition) is 3. The molecule has 3 rings (SSSR count). The van der Waals surface area contributed by atoms with Gasteiger partial charge in [-0.05, 0) is 19.1 Å². The van der Waals surface area contributed by atoms with E-state index in [9.17, 15) is 0 Å². The van der Waals surface area contributed by atoms with Crippen molar-refractivity contribution >= 4 is 11.0 Å². The maximum atomic E-state index is 4.58. The third-order valence-electron chi connectivity index (χ3n) is 3.45. The Hall–Kier alpha value is -2.14. The molecule has 0 unspecified atom stereocenters. The van der Waals surface area contributed by atoms with E-state index in [1.807, 2.05) is 30.2 Å². The second kappa shape index (κ2) is 5.46. The van der Waals surface area contributed by atoms with E-state index >= 15 is 0 Å². The lowest BCUT2D eigenvalue weighted by atomic mass is 10.3. The van der Waals surface area contributed by atoms with Crippen molar-refractivity contribution in [3.05, 3.63) is 48.0 Å². The zero-order chi connectivity index (χ0) is 13.9. The summed E-state index contributed by atoms with van der Waals surface area (Å²) in [5.74, 6) is 1.06. The Morgan fingerprint density at radius 1 is 1.25 bits per heavy atom. The average molecular weight is 269 g/mol. The van der Waals surface area contributed by atoms with E-state index in [-0.39, 0.29) is 0 Å². The molecule has 0 aliphatic heterocycles. The van der Waals surface area contributed by atoms with Gasteiger partial charge in [-0.1, -0.05) is 12.1 Å². The highest BCUT2D eigenvalue weighted by Gasteiger charge is 2.05. The molecule has 5 nitrogen and oxygen atoms in total. The first-order valence-corrected chi connectivity index (χ1v) is 6.84. The van der Waals surface area contributed by atoms with Gasteiger partial charge in [0.15, 0.2) is 0 Å². The molecule has 0 radical (unpaired) electrons. The van der Waals surface area contributed by atoms with Gasteiger partial charge >= 0.3 is 0 Å². The van der Waals surface area contributed by atoms with E-state index in [0.717, 1.165) is 31.0 Å². The molecule has 1 N–H and O–H groups in total. The minimum atomic E-state index is 0.847. The van der Waals surface area contributed by atoms with Crippen LogP contribution in [0.4, 0.5) is 0 Å². The van der Waals surface area contributed by atoms with Gasteiger partial charge in [-0.2, -0.15) is 5.10 Å². The summed E-state index contributed by atoms with van der Waals surface area (Å²) >= 11 is 0. The van der Waals surface area contributed by atoms with Crippen molar-refractivity contribution in [2.75, 3.05) is 6.54 Å². The smallest absolute Gasteiger partial charge is 0.106 e. The molecule has 5 heteroatoms. The van der Waals surface area contributed by atoms with Crippen molar-refractivity contribution in [1.29, 1.82) is 0 Å². The Bertz CT molecular complexity index is 710. The molecule has 0 atom stereocenters. The van der Waals surface area contributed by atoms with Crippen molar-refractivity contribution in [3.8, 4) is 0 Å². The van der Waals surface area contributed by atoms with Crippen LogP contribution in [0.3, 0.4) is 0 Å². The first kappa shape index (κ1) is 12.9. The Labute approximate surface area is 118 Å². The number of para-hydroxylation sites is 2. The molecule has 20 heavy (non-hydrogen) atoms. The molecule has 0 saturated heterocycles. The van der Waals surface area contributed by atoms with Crippen LogP contribution in [0, 0.1) is 6.92 Å².